The zero-order valence-corrected chi connectivity index (χ0v) is 12.5. The second kappa shape index (κ2) is 5.56. The number of ether oxygens (including phenoxy) is 2. The number of rotatable bonds is 4. The number of hydrogen-bond acceptors (Lipinski definition) is 4. The van der Waals surface area contributed by atoms with Crippen molar-refractivity contribution in [2.45, 2.75) is 25.3 Å². The number of carbonyl (C=O) groups is 1. The topological polar surface area (TPSA) is 73.6 Å². The Morgan fingerprint density at radius 1 is 1.24 bits per heavy atom. The number of benzene rings is 1. The SMILES string of the molecule is COc1ccc(NC(=O)C2C3CCC(C3)C2N)c(OC)c1. The average molecular weight is 290 g/mol. The van der Waals surface area contributed by atoms with Crippen molar-refractivity contribution < 1.29 is 14.3 Å². The Morgan fingerprint density at radius 3 is 2.62 bits per heavy atom. The summed E-state index contributed by atoms with van der Waals surface area (Å²) in [5.41, 5.74) is 6.89. The fraction of sp³-hybridized carbons (Fsp3) is 0.562. The van der Waals surface area contributed by atoms with E-state index in [1.807, 2.05) is 0 Å². The van der Waals surface area contributed by atoms with Gasteiger partial charge in [-0.25, -0.2) is 0 Å². The van der Waals surface area contributed by atoms with Gasteiger partial charge in [-0.2, -0.15) is 0 Å². The highest BCUT2D eigenvalue weighted by Crippen LogP contribution is 2.48. The number of methoxy groups -OCH3 is 2. The molecule has 3 N–H and O–H groups in total. The Bertz CT molecular complexity index is 544. The number of anilines is 1. The summed E-state index contributed by atoms with van der Waals surface area (Å²) < 4.78 is 10.5. The minimum atomic E-state index is -0.0736. The molecular formula is C16H22N2O3. The molecule has 0 heterocycles. The second-order valence-electron chi connectivity index (χ2n) is 5.99. The van der Waals surface area contributed by atoms with Gasteiger partial charge in [-0.1, -0.05) is 0 Å². The number of nitrogens with two attached hydrogens (primary N) is 1. The fourth-order valence-electron chi connectivity index (χ4n) is 3.84. The van der Waals surface area contributed by atoms with E-state index >= 15 is 0 Å². The van der Waals surface area contributed by atoms with Gasteiger partial charge in [0.15, 0.2) is 0 Å². The van der Waals surface area contributed by atoms with Crippen molar-refractivity contribution >= 4 is 11.6 Å². The van der Waals surface area contributed by atoms with Crippen molar-refractivity contribution in [3.8, 4) is 11.5 Å². The van der Waals surface area contributed by atoms with Crippen molar-refractivity contribution in [1.29, 1.82) is 0 Å². The molecule has 4 atom stereocenters. The molecule has 2 fully saturated rings. The zero-order chi connectivity index (χ0) is 15.0. The smallest absolute Gasteiger partial charge is 0.229 e. The van der Waals surface area contributed by atoms with Crippen LogP contribution in [0.3, 0.4) is 0 Å². The molecule has 0 aromatic heterocycles. The Balaban J connectivity index is 1.76. The summed E-state index contributed by atoms with van der Waals surface area (Å²) in [7, 11) is 3.18. The van der Waals surface area contributed by atoms with Crippen molar-refractivity contribution in [3.63, 3.8) is 0 Å². The lowest BCUT2D eigenvalue weighted by Crippen LogP contribution is -2.42. The van der Waals surface area contributed by atoms with Gasteiger partial charge < -0.3 is 20.5 Å². The molecule has 0 aliphatic heterocycles. The van der Waals surface area contributed by atoms with E-state index in [4.69, 9.17) is 15.2 Å². The summed E-state index contributed by atoms with van der Waals surface area (Å²) in [5, 5.41) is 2.97. The molecule has 3 rings (SSSR count). The van der Waals surface area contributed by atoms with Gasteiger partial charge in [-0.3, -0.25) is 4.79 Å². The lowest BCUT2D eigenvalue weighted by Gasteiger charge is -2.27. The van der Waals surface area contributed by atoms with Crippen molar-refractivity contribution in [1.82, 2.24) is 0 Å². The molecule has 2 aliphatic rings. The van der Waals surface area contributed by atoms with Crippen LogP contribution < -0.4 is 20.5 Å². The molecule has 1 aromatic carbocycles. The van der Waals surface area contributed by atoms with Gasteiger partial charge in [0.2, 0.25) is 5.91 Å². The third kappa shape index (κ3) is 2.46. The van der Waals surface area contributed by atoms with E-state index in [1.54, 1.807) is 32.4 Å². The number of fused-ring (bicyclic) bond motifs is 2. The Morgan fingerprint density at radius 2 is 2.00 bits per heavy atom. The Labute approximate surface area is 124 Å². The molecular weight excluding hydrogens is 268 g/mol. The molecule has 2 saturated carbocycles. The Kier molecular flexibility index (Phi) is 3.76. The Hall–Kier alpha value is -1.75. The van der Waals surface area contributed by atoms with Gasteiger partial charge in [0.1, 0.15) is 11.5 Å². The van der Waals surface area contributed by atoms with Gasteiger partial charge in [0.05, 0.1) is 25.8 Å². The maximum Gasteiger partial charge on any atom is 0.229 e. The summed E-state index contributed by atoms with van der Waals surface area (Å²) in [6, 6.07) is 5.36. The molecule has 1 aromatic rings. The first-order valence-electron chi connectivity index (χ1n) is 7.42. The summed E-state index contributed by atoms with van der Waals surface area (Å²) in [6.07, 6.45) is 3.39. The normalized spacial score (nSPS) is 30.2. The number of amides is 1. The van der Waals surface area contributed by atoms with Crippen molar-refractivity contribution in [2.24, 2.45) is 23.5 Å². The maximum atomic E-state index is 12.6. The van der Waals surface area contributed by atoms with Crippen LogP contribution in [-0.2, 0) is 4.79 Å². The molecule has 0 saturated heterocycles. The highest BCUT2D eigenvalue weighted by molar-refractivity contribution is 5.95. The maximum absolute atomic E-state index is 12.6. The molecule has 5 nitrogen and oxygen atoms in total. The first-order chi connectivity index (χ1) is 10.1. The minimum Gasteiger partial charge on any atom is -0.497 e. The largest absolute Gasteiger partial charge is 0.497 e. The molecule has 5 heteroatoms. The number of hydrogen-bond donors (Lipinski definition) is 2. The van der Waals surface area contributed by atoms with Crippen LogP contribution in [0, 0.1) is 17.8 Å². The molecule has 0 spiro atoms. The van der Waals surface area contributed by atoms with Crippen LogP contribution in [0.4, 0.5) is 5.69 Å². The van der Waals surface area contributed by atoms with Crippen molar-refractivity contribution in [3.05, 3.63) is 18.2 Å². The molecule has 114 valence electrons. The predicted molar refractivity (Wildman–Crippen MR) is 80.5 cm³/mol. The summed E-state index contributed by atoms with van der Waals surface area (Å²) in [6.45, 7) is 0. The van der Waals surface area contributed by atoms with E-state index in [9.17, 15) is 4.79 Å². The number of carbonyl (C=O) groups excluding carboxylic acids is 1. The molecule has 21 heavy (non-hydrogen) atoms. The van der Waals surface area contributed by atoms with Crippen LogP contribution in [0.1, 0.15) is 19.3 Å². The third-order valence-corrected chi connectivity index (χ3v) is 4.95. The van der Waals surface area contributed by atoms with Gasteiger partial charge in [-0.05, 0) is 43.2 Å². The third-order valence-electron chi connectivity index (χ3n) is 4.95. The molecule has 1 amide bonds. The van der Waals surface area contributed by atoms with Gasteiger partial charge in [-0.15, -0.1) is 0 Å². The van der Waals surface area contributed by atoms with Gasteiger partial charge in [0.25, 0.3) is 0 Å². The fourth-order valence-corrected chi connectivity index (χ4v) is 3.84. The first-order valence-corrected chi connectivity index (χ1v) is 7.42. The van der Waals surface area contributed by atoms with Crippen LogP contribution in [0.5, 0.6) is 11.5 Å². The standard InChI is InChI=1S/C16H22N2O3/c1-20-11-5-6-12(13(8-11)21-2)18-16(19)14-9-3-4-10(7-9)15(14)17/h5-6,8-10,14-15H,3-4,7,17H2,1-2H3,(H,18,19). The molecule has 2 bridgehead atoms. The minimum absolute atomic E-state index is 0.00649. The van der Waals surface area contributed by atoms with Crippen molar-refractivity contribution in [2.75, 3.05) is 19.5 Å². The van der Waals surface area contributed by atoms with E-state index in [0.717, 1.165) is 12.8 Å². The second-order valence-corrected chi connectivity index (χ2v) is 5.99. The highest BCUT2D eigenvalue weighted by atomic mass is 16.5. The summed E-state index contributed by atoms with van der Waals surface area (Å²) in [4.78, 5) is 12.6. The van der Waals surface area contributed by atoms with Gasteiger partial charge in [0, 0.05) is 12.1 Å². The molecule has 4 unspecified atom stereocenters. The van der Waals surface area contributed by atoms with Crippen LogP contribution in [-0.4, -0.2) is 26.2 Å². The zero-order valence-electron chi connectivity index (χ0n) is 12.5. The predicted octanol–water partition coefficient (Wildman–Crippen LogP) is 2.02. The van der Waals surface area contributed by atoms with Crippen LogP contribution in [0.15, 0.2) is 18.2 Å². The van der Waals surface area contributed by atoms with Crippen LogP contribution >= 0.6 is 0 Å². The van der Waals surface area contributed by atoms with E-state index < -0.39 is 0 Å². The van der Waals surface area contributed by atoms with E-state index in [1.165, 1.54) is 6.42 Å². The average Bonchev–Trinajstić information content (AvgIpc) is 3.08. The van der Waals surface area contributed by atoms with Crippen LogP contribution in [0.25, 0.3) is 0 Å². The van der Waals surface area contributed by atoms with E-state index in [2.05, 4.69) is 5.32 Å². The van der Waals surface area contributed by atoms with Gasteiger partial charge >= 0.3 is 0 Å². The lowest BCUT2D eigenvalue weighted by atomic mass is 9.84. The van der Waals surface area contributed by atoms with E-state index in [-0.39, 0.29) is 17.9 Å². The lowest BCUT2D eigenvalue weighted by molar-refractivity contribution is -0.121. The summed E-state index contributed by atoms with van der Waals surface area (Å²) in [5.74, 6) is 2.19. The molecule has 0 radical (unpaired) electrons. The van der Waals surface area contributed by atoms with E-state index in [0.29, 0.717) is 29.0 Å². The quantitative estimate of drug-likeness (QED) is 0.889. The first kappa shape index (κ1) is 14.2. The summed E-state index contributed by atoms with van der Waals surface area (Å²) >= 11 is 0. The monoisotopic (exact) mass is 290 g/mol. The highest BCUT2D eigenvalue weighted by Gasteiger charge is 2.49. The van der Waals surface area contributed by atoms with Crippen LogP contribution in [0.2, 0.25) is 0 Å². The number of nitrogens with one attached hydrogen (secondary N) is 1. The molecule has 2 aliphatic carbocycles.